The minimum atomic E-state index is 0.158. The quantitative estimate of drug-likeness (QED) is 0.910. The molecule has 2 saturated heterocycles. The van der Waals surface area contributed by atoms with Crippen LogP contribution in [0.3, 0.4) is 0 Å². The van der Waals surface area contributed by atoms with E-state index in [0.717, 1.165) is 36.3 Å². The summed E-state index contributed by atoms with van der Waals surface area (Å²) in [6, 6.07) is 8.18. The second-order valence-corrected chi connectivity index (χ2v) is 6.06. The average molecular weight is 285 g/mol. The van der Waals surface area contributed by atoms with Crippen molar-refractivity contribution in [2.24, 2.45) is 5.92 Å². The summed E-state index contributed by atoms with van der Waals surface area (Å²) in [5, 5.41) is 8.53. The van der Waals surface area contributed by atoms with Gasteiger partial charge in [-0.1, -0.05) is 17.3 Å². The van der Waals surface area contributed by atoms with Gasteiger partial charge in [0.15, 0.2) is 5.58 Å². The molecule has 110 valence electrons. The standard InChI is InChI=1S/C16H19N3O2/c20-16(19-9-11-4-3-7-17-14(11)10-19)8-13-12-5-1-2-6-15(12)21-18-13/h1-2,5-6,11,14,17H,3-4,7-10H2/t11-,14+/m0/s1. The maximum atomic E-state index is 12.5. The number of rotatable bonds is 2. The molecule has 1 aromatic heterocycles. The summed E-state index contributed by atoms with van der Waals surface area (Å²) in [5.41, 5.74) is 1.50. The predicted octanol–water partition coefficient (Wildman–Crippen LogP) is 1.58. The van der Waals surface area contributed by atoms with Gasteiger partial charge in [0.05, 0.1) is 6.42 Å². The number of benzene rings is 1. The fourth-order valence-corrected chi connectivity index (χ4v) is 3.57. The molecule has 5 nitrogen and oxygen atoms in total. The van der Waals surface area contributed by atoms with Crippen LogP contribution in [0.5, 0.6) is 0 Å². The molecule has 0 radical (unpaired) electrons. The number of para-hydroxylation sites is 1. The second kappa shape index (κ2) is 5.15. The van der Waals surface area contributed by atoms with Crippen LogP contribution in [0.2, 0.25) is 0 Å². The highest BCUT2D eigenvalue weighted by atomic mass is 16.5. The maximum absolute atomic E-state index is 12.5. The Morgan fingerprint density at radius 3 is 3.19 bits per heavy atom. The van der Waals surface area contributed by atoms with Gasteiger partial charge in [0.25, 0.3) is 0 Å². The molecule has 1 aromatic carbocycles. The Labute approximate surface area is 123 Å². The number of carbonyl (C=O) groups excluding carboxylic acids is 1. The summed E-state index contributed by atoms with van der Waals surface area (Å²) in [7, 11) is 0. The van der Waals surface area contributed by atoms with Crippen LogP contribution in [-0.2, 0) is 11.2 Å². The molecular weight excluding hydrogens is 266 g/mol. The third-order valence-electron chi connectivity index (χ3n) is 4.72. The van der Waals surface area contributed by atoms with E-state index < -0.39 is 0 Å². The van der Waals surface area contributed by atoms with E-state index in [4.69, 9.17) is 4.52 Å². The second-order valence-electron chi connectivity index (χ2n) is 6.06. The van der Waals surface area contributed by atoms with Crippen LogP contribution in [0, 0.1) is 5.92 Å². The van der Waals surface area contributed by atoms with E-state index in [9.17, 15) is 4.79 Å². The highest BCUT2D eigenvalue weighted by Crippen LogP contribution is 2.26. The van der Waals surface area contributed by atoms with Gasteiger partial charge in [-0.25, -0.2) is 0 Å². The molecule has 1 amide bonds. The van der Waals surface area contributed by atoms with Crippen LogP contribution in [0.15, 0.2) is 28.8 Å². The van der Waals surface area contributed by atoms with Gasteiger partial charge in [-0.05, 0) is 37.4 Å². The van der Waals surface area contributed by atoms with Gasteiger partial charge in [-0.15, -0.1) is 0 Å². The number of fused-ring (bicyclic) bond motifs is 2. The van der Waals surface area contributed by atoms with E-state index >= 15 is 0 Å². The molecule has 0 bridgehead atoms. The Hall–Kier alpha value is -1.88. The average Bonchev–Trinajstić information content (AvgIpc) is 3.11. The lowest BCUT2D eigenvalue weighted by Crippen LogP contribution is -2.41. The third-order valence-corrected chi connectivity index (χ3v) is 4.72. The van der Waals surface area contributed by atoms with E-state index in [1.54, 1.807) is 0 Å². The predicted molar refractivity (Wildman–Crippen MR) is 78.8 cm³/mol. The van der Waals surface area contributed by atoms with E-state index in [2.05, 4.69) is 10.5 Å². The number of hydrogen-bond acceptors (Lipinski definition) is 4. The topological polar surface area (TPSA) is 58.4 Å². The molecule has 21 heavy (non-hydrogen) atoms. The molecule has 3 heterocycles. The molecule has 0 spiro atoms. The first-order valence-corrected chi connectivity index (χ1v) is 7.66. The molecule has 2 aliphatic rings. The molecule has 0 saturated carbocycles. The highest BCUT2D eigenvalue weighted by molar-refractivity contribution is 5.86. The van der Waals surface area contributed by atoms with Crippen LogP contribution >= 0.6 is 0 Å². The minimum Gasteiger partial charge on any atom is -0.356 e. The van der Waals surface area contributed by atoms with Gasteiger partial charge in [0, 0.05) is 24.5 Å². The van der Waals surface area contributed by atoms with Gasteiger partial charge in [-0.2, -0.15) is 0 Å². The molecule has 0 unspecified atom stereocenters. The van der Waals surface area contributed by atoms with Crippen LogP contribution in [0.1, 0.15) is 18.5 Å². The number of amides is 1. The highest BCUT2D eigenvalue weighted by Gasteiger charge is 2.36. The number of nitrogens with zero attached hydrogens (tertiary/aromatic N) is 2. The van der Waals surface area contributed by atoms with E-state index in [1.165, 1.54) is 12.8 Å². The van der Waals surface area contributed by atoms with Crippen molar-refractivity contribution >= 4 is 16.9 Å². The summed E-state index contributed by atoms with van der Waals surface area (Å²) in [5.74, 6) is 0.780. The smallest absolute Gasteiger partial charge is 0.228 e. The number of aromatic nitrogens is 1. The van der Waals surface area contributed by atoms with Crippen LogP contribution in [-0.4, -0.2) is 41.6 Å². The van der Waals surface area contributed by atoms with Crippen molar-refractivity contribution in [1.29, 1.82) is 0 Å². The molecule has 2 aliphatic heterocycles. The molecule has 5 heteroatoms. The zero-order valence-electron chi connectivity index (χ0n) is 11.9. The third kappa shape index (κ3) is 2.31. The molecule has 0 aliphatic carbocycles. The lowest BCUT2D eigenvalue weighted by Gasteiger charge is -2.24. The summed E-state index contributed by atoms with van der Waals surface area (Å²) in [6.45, 7) is 2.79. The van der Waals surface area contributed by atoms with Crippen LogP contribution < -0.4 is 5.32 Å². The number of nitrogens with one attached hydrogen (secondary N) is 1. The van der Waals surface area contributed by atoms with Crippen molar-refractivity contribution in [1.82, 2.24) is 15.4 Å². The van der Waals surface area contributed by atoms with E-state index in [-0.39, 0.29) is 5.91 Å². The van der Waals surface area contributed by atoms with Gasteiger partial charge in [-0.3, -0.25) is 4.79 Å². The van der Waals surface area contributed by atoms with Crippen molar-refractivity contribution in [3.05, 3.63) is 30.0 Å². The lowest BCUT2D eigenvalue weighted by atomic mass is 9.94. The Bertz CT molecular complexity index is 652. The van der Waals surface area contributed by atoms with Gasteiger partial charge in [0.1, 0.15) is 5.69 Å². The monoisotopic (exact) mass is 285 g/mol. The van der Waals surface area contributed by atoms with Crippen molar-refractivity contribution in [3.63, 3.8) is 0 Å². The number of carbonyl (C=O) groups is 1. The van der Waals surface area contributed by atoms with Crippen molar-refractivity contribution in [3.8, 4) is 0 Å². The fourth-order valence-electron chi connectivity index (χ4n) is 3.57. The van der Waals surface area contributed by atoms with E-state index in [0.29, 0.717) is 18.4 Å². The van der Waals surface area contributed by atoms with Crippen molar-refractivity contribution in [2.45, 2.75) is 25.3 Å². The molecule has 2 atom stereocenters. The van der Waals surface area contributed by atoms with Crippen molar-refractivity contribution in [2.75, 3.05) is 19.6 Å². The molecule has 1 N–H and O–H groups in total. The normalized spacial score (nSPS) is 25.2. The van der Waals surface area contributed by atoms with Gasteiger partial charge >= 0.3 is 0 Å². The number of piperidine rings is 1. The summed E-state index contributed by atoms with van der Waals surface area (Å²) in [6.07, 6.45) is 2.78. The Morgan fingerprint density at radius 2 is 2.29 bits per heavy atom. The molecule has 2 aromatic rings. The summed E-state index contributed by atoms with van der Waals surface area (Å²) < 4.78 is 5.27. The largest absolute Gasteiger partial charge is 0.356 e. The Balaban J connectivity index is 1.48. The first-order chi connectivity index (χ1) is 10.3. The van der Waals surface area contributed by atoms with Crippen LogP contribution in [0.4, 0.5) is 0 Å². The lowest BCUT2D eigenvalue weighted by molar-refractivity contribution is -0.129. The first-order valence-electron chi connectivity index (χ1n) is 7.66. The van der Waals surface area contributed by atoms with Gasteiger partial charge < -0.3 is 14.7 Å². The number of likely N-dealkylation sites (tertiary alicyclic amines) is 1. The van der Waals surface area contributed by atoms with Gasteiger partial charge in [0.2, 0.25) is 5.91 Å². The Morgan fingerprint density at radius 1 is 1.38 bits per heavy atom. The van der Waals surface area contributed by atoms with Crippen LogP contribution in [0.25, 0.3) is 11.0 Å². The SMILES string of the molecule is O=C(Cc1noc2ccccc12)N1C[C@@H]2CCCN[C@@H]2C1. The molecule has 2 fully saturated rings. The first kappa shape index (κ1) is 12.8. The molecular formula is C16H19N3O2. The molecule has 4 rings (SSSR count). The Kier molecular flexibility index (Phi) is 3.15. The summed E-state index contributed by atoms with van der Waals surface area (Å²) in [4.78, 5) is 14.5. The van der Waals surface area contributed by atoms with E-state index in [1.807, 2.05) is 29.2 Å². The minimum absolute atomic E-state index is 0.158. The maximum Gasteiger partial charge on any atom is 0.228 e. The fraction of sp³-hybridized carbons (Fsp3) is 0.500. The van der Waals surface area contributed by atoms with Crippen molar-refractivity contribution < 1.29 is 9.32 Å². The zero-order chi connectivity index (χ0) is 14.2. The summed E-state index contributed by atoms with van der Waals surface area (Å²) >= 11 is 0. The zero-order valence-corrected chi connectivity index (χ0v) is 11.9. The number of hydrogen-bond donors (Lipinski definition) is 1.